The van der Waals surface area contributed by atoms with Crippen molar-refractivity contribution in [2.75, 3.05) is 11.9 Å². The van der Waals surface area contributed by atoms with E-state index in [0.29, 0.717) is 5.92 Å². The van der Waals surface area contributed by atoms with E-state index in [1.807, 2.05) is 0 Å². The quantitative estimate of drug-likeness (QED) is 0.829. The standard InChI is InChI=1S/C15H20BrN3S/c1-4-17-15-14(16)12(8-10(2)3)18-13(19-15)9-11-6-5-7-20-11/h5-7,10H,4,8-9H2,1-3H3,(H,17,18,19). The van der Waals surface area contributed by atoms with E-state index in [1.165, 1.54) is 4.88 Å². The van der Waals surface area contributed by atoms with Crippen LogP contribution in [-0.2, 0) is 12.8 Å². The Labute approximate surface area is 133 Å². The first-order valence-corrected chi connectivity index (χ1v) is 8.59. The molecule has 0 radical (unpaired) electrons. The van der Waals surface area contributed by atoms with Crippen molar-refractivity contribution in [3.05, 3.63) is 38.4 Å². The number of thiophene rings is 1. The summed E-state index contributed by atoms with van der Waals surface area (Å²) in [6.07, 6.45) is 1.76. The average molecular weight is 354 g/mol. The number of nitrogens with zero attached hydrogens (tertiary/aromatic N) is 2. The van der Waals surface area contributed by atoms with Crippen LogP contribution in [0.15, 0.2) is 22.0 Å². The van der Waals surface area contributed by atoms with Gasteiger partial charge in [-0.2, -0.15) is 0 Å². The van der Waals surface area contributed by atoms with E-state index in [-0.39, 0.29) is 0 Å². The summed E-state index contributed by atoms with van der Waals surface area (Å²) in [5, 5.41) is 5.41. The molecule has 0 aromatic carbocycles. The lowest BCUT2D eigenvalue weighted by molar-refractivity contribution is 0.629. The smallest absolute Gasteiger partial charge is 0.144 e. The molecule has 0 saturated heterocycles. The highest BCUT2D eigenvalue weighted by Gasteiger charge is 2.13. The third-order valence-corrected chi connectivity index (χ3v) is 4.53. The SMILES string of the molecule is CCNc1nc(Cc2cccs2)nc(CC(C)C)c1Br. The maximum absolute atomic E-state index is 4.74. The minimum absolute atomic E-state index is 0.574. The molecule has 3 nitrogen and oxygen atoms in total. The van der Waals surface area contributed by atoms with Crippen LogP contribution in [0.25, 0.3) is 0 Å². The van der Waals surface area contributed by atoms with Crippen LogP contribution in [0.1, 0.15) is 37.2 Å². The van der Waals surface area contributed by atoms with Crippen LogP contribution >= 0.6 is 27.3 Å². The number of anilines is 1. The molecule has 0 aliphatic carbocycles. The van der Waals surface area contributed by atoms with Gasteiger partial charge in [0.15, 0.2) is 0 Å². The molecule has 2 aromatic rings. The van der Waals surface area contributed by atoms with Gasteiger partial charge >= 0.3 is 0 Å². The van der Waals surface area contributed by atoms with Crippen molar-refractivity contribution >= 4 is 33.1 Å². The molecule has 5 heteroatoms. The molecule has 0 unspecified atom stereocenters. The van der Waals surface area contributed by atoms with E-state index < -0.39 is 0 Å². The number of rotatable bonds is 6. The molecular weight excluding hydrogens is 334 g/mol. The predicted molar refractivity (Wildman–Crippen MR) is 89.6 cm³/mol. The number of hydrogen-bond donors (Lipinski definition) is 1. The van der Waals surface area contributed by atoms with Crippen LogP contribution in [0.3, 0.4) is 0 Å². The number of aromatic nitrogens is 2. The van der Waals surface area contributed by atoms with Crippen molar-refractivity contribution in [3.8, 4) is 0 Å². The van der Waals surface area contributed by atoms with Gasteiger partial charge in [0, 0.05) is 17.8 Å². The first-order valence-electron chi connectivity index (χ1n) is 6.91. The maximum atomic E-state index is 4.74. The summed E-state index contributed by atoms with van der Waals surface area (Å²) < 4.78 is 1.00. The van der Waals surface area contributed by atoms with Crippen molar-refractivity contribution in [3.63, 3.8) is 0 Å². The number of nitrogens with one attached hydrogen (secondary N) is 1. The van der Waals surface area contributed by atoms with E-state index in [9.17, 15) is 0 Å². The maximum Gasteiger partial charge on any atom is 0.144 e. The molecule has 20 heavy (non-hydrogen) atoms. The molecule has 0 aliphatic rings. The largest absolute Gasteiger partial charge is 0.369 e. The van der Waals surface area contributed by atoms with E-state index in [2.05, 4.69) is 64.5 Å². The van der Waals surface area contributed by atoms with Gasteiger partial charge in [0.1, 0.15) is 11.6 Å². The first-order chi connectivity index (χ1) is 9.60. The Bertz CT molecular complexity index is 552. The molecule has 2 rings (SSSR count). The van der Waals surface area contributed by atoms with Gasteiger partial charge in [-0.15, -0.1) is 11.3 Å². The second kappa shape index (κ2) is 7.18. The second-order valence-corrected chi connectivity index (χ2v) is 6.96. The molecule has 0 atom stereocenters. The molecule has 0 bridgehead atoms. The van der Waals surface area contributed by atoms with Gasteiger partial charge in [-0.25, -0.2) is 9.97 Å². The van der Waals surface area contributed by atoms with Crippen molar-refractivity contribution in [1.29, 1.82) is 0 Å². The minimum Gasteiger partial charge on any atom is -0.369 e. The Morgan fingerprint density at radius 1 is 1.35 bits per heavy atom. The zero-order chi connectivity index (χ0) is 14.5. The third-order valence-electron chi connectivity index (χ3n) is 2.82. The highest BCUT2D eigenvalue weighted by molar-refractivity contribution is 9.10. The summed E-state index contributed by atoms with van der Waals surface area (Å²) in [6, 6.07) is 4.20. The summed E-state index contributed by atoms with van der Waals surface area (Å²) in [4.78, 5) is 10.7. The van der Waals surface area contributed by atoms with Crippen LogP contribution in [0.2, 0.25) is 0 Å². The van der Waals surface area contributed by atoms with E-state index in [0.717, 1.165) is 41.2 Å². The van der Waals surface area contributed by atoms with Crippen LogP contribution in [0.4, 0.5) is 5.82 Å². The van der Waals surface area contributed by atoms with Gasteiger partial charge in [0.05, 0.1) is 10.2 Å². The van der Waals surface area contributed by atoms with Crippen LogP contribution in [-0.4, -0.2) is 16.5 Å². The van der Waals surface area contributed by atoms with Crippen LogP contribution in [0.5, 0.6) is 0 Å². The Hall–Kier alpha value is -0.940. The molecular formula is C15H20BrN3S. The first kappa shape index (κ1) is 15.4. The Kier molecular flexibility index (Phi) is 5.54. The molecule has 0 aliphatic heterocycles. The highest BCUT2D eigenvalue weighted by atomic mass is 79.9. The zero-order valence-electron chi connectivity index (χ0n) is 12.1. The molecule has 2 heterocycles. The molecule has 0 fully saturated rings. The summed E-state index contributed by atoms with van der Waals surface area (Å²) in [5.74, 6) is 2.37. The summed E-state index contributed by atoms with van der Waals surface area (Å²) in [6.45, 7) is 7.35. The second-order valence-electron chi connectivity index (χ2n) is 5.13. The predicted octanol–water partition coefficient (Wildman–Crippen LogP) is 4.52. The topological polar surface area (TPSA) is 37.8 Å². The lowest BCUT2D eigenvalue weighted by atomic mass is 10.1. The normalized spacial score (nSPS) is 11.1. The summed E-state index contributed by atoms with van der Waals surface area (Å²) in [7, 11) is 0. The van der Waals surface area contributed by atoms with Crippen molar-refractivity contribution < 1.29 is 0 Å². The van der Waals surface area contributed by atoms with Crippen molar-refractivity contribution in [2.24, 2.45) is 5.92 Å². The van der Waals surface area contributed by atoms with Gasteiger partial charge in [0.2, 0.25) is 0 Å². The Balaban J connectivity index is 2.33. The molecule has 1 N–H and O–H groups in total. The lowest BCUT2D eigenvalue weighted by Gasteiger charge is -2.13. The van der Waals surface area contributed by atoms with E-state index >= 15 is 0 Å². The monoisotopic (exact) mass is 353 g/mol. The molecule has 0 amide bonds. The number of halogens is 1. The lowest BCUT2D eigenvalue weighted by Crippen LogP contribution is -2.10. The Morgan fingerprint density at radius 3 is 2.75 bits per heavy atom. The molecule has 108 valence electrons. The van der Waals surface area contributed by atoms with Crippen LogP contribution < -0.4 is 5.32 Å². The fraction of sp³-hybridized carbons (Fsp3) is 0.467. The van der Waals surface area contributed by atoms with Gasteiger partial charge in [-0.05, 0) is 46.6 Å². The highest BCUT2D eigenvalue weighted by Crippen LogP contribution is 2.26. The summed E-state index contributed by atoms with van der Waals surface area (Å²) >= 11 is 5.39. The minimum atomic E-state index is 0.574. The fourth-order valence-corrected chi connectivity index (χ4v) is 3.18. The van der Waals surface area contributed by atoms with Gasteiger partial charge in [-0.3, -0.25) is 0 Å². The van der Waals surface area contributed by atoms with E-state index in [1.54, 1.807) is 11.3 Å². The Morgan fingerprint density at radius 2 is 2.15 bits per heavy atom. The van der Waals surface area contributed by atoms with Gasteiger partial charge in [0.25, 0.3) is 0 Å². The van der Waals surface area contributed by atoms with Crippen molar-refractivity contribution in [2.45, 2.75) is 33.6 Å². The number of hydrogen-bond acceptors (Lipinski definition) is 4. The molecule has 0 saturated carbocycles. The zero-order valence-corrected chi connectivity index (χ0v) is 14.5. The van der Waals surface area contributed by atoms with Gasteiger partial charge < -0.3 is 5.32 Å². The van der Waals surface area contributed by atoms with Crippen LogP contribution in [0, 0.1) is 5.92 Å². The average Bonchev–Trinajstić information content (AvgIpc) is 2.87. The van der Waals surface area contributed by atoms with Gasteiger partial charge in [-0.1, -0.05) is 19.9 Å². The van der Waals surface area contributed by atoms with E-state index in [4.69, 9.17) is 4.98 Å². The molecule has 0 spiro atoms. The fourth-order valence-electron chi connectivity index (χ4n) is 2.00. The molecule has 2 aromatic heterocycles. The summed E-state index contributed by atoms with van der Waals surface area (Å²) in [5.41, 5.74) is 1.09. The van der Waals surface area contributed by atoms with Crippen molar-refractivity contribution in [1.82, 2.24) is 9.97 Å². The third kappa shape index (κ3) is 4.03.